The molecular formula is C10H14ClN3O. The zero-order valence-corrected chi connectivity index (χ0v) is 9.10. The Bertz CT molecular complexity index is 344. The van der Waals surface area contributed by atoms with Gasteiger partial charge in [-0.1, -0.05) is 11.6 Å². The van der Waals surface area contributed by atoms with Gasteiger partial charge in [-0.25, -0.2) is 0 Å². The number of hydrogen-bond acceptors (Lipinski definition) is 2. The van der Waals surface area contributed by atoms with Gasteiger partial charge >= 0.3 is 0 Å². The van der Waals surface area contributed by atoms with E-state index >= 15 is 0 Å². The second-order valence-corrected chi connectivity index (χ2v) is 4.24. The fourth-order valence-corrected chi connectivity index (χ4v) is 1.88. The largest absolute Gasteiger partial charge is 0.356 e. The van der Waals surface area contributed by atoms with Crippen molar-refractivity contribution in [3.05, 3.63) is 23.0 Å². The summed E-state index contributed by atoms with van der Waals surface area (Å²) in [7, 11) is 0. The Morgan fingerprint density at radius 3 is 3.13 bits per heavy atom. The van der Waals surface area contributed by atoms with Crippen molar-refractivity contribution < 1.29 is 4.79 Å². The highest BCUT2D eigenvalue weighted by Gasteiger charge is 2.16. The van der Waals surface area contributed by atoms with Gasteiger partial charge in [-0.05, 0) is 31.5 Å². The maximum atomic E-state index is 11.6. The molecule has 0 bridgehead atoms. The van der Waals surface area contributed by atoms with Crippen molar-refractivity contribution in [1.29, 1.82) is 0 Å². The van der Waals surface area contributed by atoms with Crippen LogP contribution < -0.4 is 10.6 Å². The summed E-state index contributed by atoms with van der Waals surface area (Å²) in [5.41, 5.74) is 0.519. The number of halogens is 1. The molecule has 1 fully saturated rings. The minimum absolute atomic E-state index is 0.0891. The van der Waals surface area contributed by atoms with Crippen LogP contribution in [0, 0.1) is 5.92 Å². The second kappa shape index (κ2) is 4.68. The fraction of sp³-hybridized carbons (Fsp3) is 0.500. The molecule has 0 aromatic carbocycles. The summed E-state index contributed by atoms with van der Waals surface area (Å²) in [6.07, 6.45) is 2.74. The third-order valence-electron chi connectivity index (χ3n) is 2.61. The van der Waals surface area contributed by atoms with Crippen molar-refractivity contribution in [2.45, 2.75) is 6.42 Å². The Morgan fingerprint density at radius 2 is 2.53 bits per heavy atom. The average molecular weight is 228 g/mol. The van der Waals surface area contributed by atoms with E-state index in [9.17, 15) is 4.79 Å². The molecule has 1 aromatic heterocycles. The molecule has 1 aliphatic rings. The average Bonchev–Trinajstić information content (AvgIpc) is 2.84. The summed E-state index contributed by atoms with van der Waals surface area (Å²) in [4.78, 5) is 14.4. The summed E-state index contributed by atoms with van der Waals surface area (Å²) in [5.74, 6) is 0.466. The van der Waals surface area contributed by atoms with Gasteiger partial charge in [0.2, 0.25) is 0 Å². The molecule has 2 rings (SSSR count). The van der Waals surface area contributed by atoms with Crippen LogP contribution in [-0.2, 0) is 0 Å². The number of carbonyl (C=O) groups excluding carboxylic acids is 1. The van der Waals surface area contributed by atoms with Crippen molar-refractivity contribution in [3.8, 4) is 0 Å². The number of nitrogens with one attached hydrogen (secondary N) is 3. The van der Waals surface area contributed by atoms with Crippen molar-refractivity contribution in [2.75, 3.05) is 19.6 Å². The van der Waals surface area contributed by atoms with E-state index in [0.29, 0.717) is 16.6 Å². The Labute approximate surface area is 93.4 Å². The first-order chi connectivity index (χ1) is 7.25. The predicted octanol–water partition coefficient (Wildman–Crippen LogP) is 1.01. The lowest BCUT2D eigenvalue weighted by atomic mass is 10.1. The summed E-state index contributed by atoms with van der Waals surface area (Å²) in [6.45, 7) is 2.77. The molecule has 2 heterocycles. The molecule has 1 amide bonds. The fourth-order valence-electron chi connectivity index (χ4n) is 1.72. The van der Waals surface area contributed by atoms with E-state index in [2.05, 4.69) is 15.6 Å². The molecule has 1 atom stereocenters. The second-order valence-electron chi connectivity index (χ2n) is 3.80. The summed E-state index contributed by atoms with van der Waals surface area (Å²) >= 11 is 5.71. The van der Waals surface area contributed by atoms with Crippen LogP contribution in [0.25, 0.3) is 0 Å². The third-order valence-corrected chi connectivity index (χ3v) is 2.82. The van der Waals surface area contributed by atoms with Crippen LogP contribution in [0.3, 0.4) is 0 Å². The van der Waals surface area contributed by atoms with Crippen LogP contribution in [0.15, 0.2) is 12.3 Å². The molecule has 1 aliphatic heterocycles. The van der Waals surface area contributed by atoms with Crippen LogP contribution in [0.4, 0.5) is 0 Å². The molecule has 0 spiro atoms. The number of rotatable bonds is 3. The number of amides is 1. The summed E-state index contributed by atoms with van der Waals surface area (Å²) in [6, 6.07) is 1.63. The topological polar surface area (TPSA) is 56.9 Å². The van der Waals surface area contributed by atoms with E-state index in [4.69, 9.17) is 11.6 Å². The smallest absolute Gasteiger partial charge is 0.267 e. The molecule has 4 nitrogen and oxygen atoms in total. The van der Waals surface area contributed by atoms with Crippen molar-refractivity contribution in [2.24, 2.45) is 5.92 Å². The van der Waals surface area contributed by atoms with Gasteiger partial charge < -0.3 is 15.6 Å². The maximum absolute atomic E-state index is 11.6. The van der Waals surface area contributed by atoms with Gasteiger partial charge in [-0.3, -0.25) is 4.79 Å². The van der Waals surface area contributed by atoms with Gasteiger partial charge in [-0.2, -0.15) is 0 Å². The highest BCUT2D eigenvalue weighted by Crippen LogP contribution is 2.10. The molecule has 82 valence electrons. The normalized spacial score (nSPS) is 20.5. The number of hydrogen-bond donors (Lipinski definition) is 3. The zero-order valence-electron chi connectivity index (χ0n) is 8.35. The molecule has 1 unspecified atom stereocenters. The Morgan fingerprint density at radius 1 is 1.67 bits per heavy atom. The molecule has 1 aromatic rings. The lowest BCUT2D eigenvalue weighted by Gasteiger charge is -2.08. The zero-order chi connectivity index (χ0) is 10.7. The van der Waals surface area contributed by atoms with Gasteiger partial charge in [0.15, 0.2) is 0 Å². The van der Waals surface area contributed by atoms with Crippen LogP contribution >= 0.6 is 11.6 Å². The van der Waals surface area contributed by atoms with Crippen LogP contribution in [0.2, 0.25) is 5.02 Å². The molecule has 0 aliphatic carbocycles. The number of H-pyrrole nitrogens is 1. The van der Waals surface area contributed by atoms with Crippen molar-refractivity contribution in [3.63, 3.8) is 0 Å². The van der Waals surface area contributed by atoms with E-state index in [1.165, 1.54) is 0 Å². The molecular weight excluding hydrogens is 214 g/mol. The Balaban J connectivity index is 1.81. The lowest BCUT2D eigenvalue weighted by Crippen LogP contribution is -2.30. The maximum Gasteiger partial charge on any atom is 0.267 e. The predicted molar refractivity (Wildman–Crippen MR) is 59.1 cm³/mol. The first-order valence-corrected chi connectivity index (χ1v) is 5.46. The first kappa shape index (κ1) is 10.5. The van der Waals surface area contributed by atoms with Crippen LogP contribution in [0.5, 0.6) is 0 Å². The Kier molecular flexibility index (Phi) is 3.28. The minimum atomic E-state index is -0.0891. The molecule has 5 heteroatoms. The minimum Gasteiger partial charge on any atom is -0.356 e. The van der Waals surface area contributed by atoms with Gasteiger partial charge in [0.25, 0.3) is 5.91 Å². The molecule has 0 radical (unpaired) electrons. The van der Waals surface area contributed by atoms with E-state index in [1.54, 1.807) is 12.3 Å². The van der Waals surface area contributed by atoms with Crippen molar-refractivity contribution in [1.82, 2.24) is 15.6 Å². The third kappa shape index (κ3) is 2.73. The van der Waals surface area contributed by atoms with Gasteiger partial charge in [-0.15, -0.1) is 0 Å². The Hall–Kier alpha value is -1.00. The van der Waals surface area contributed by atoms with E-state index in [1.807, 2.05) is 0 Å². The molecule has 15 heavy (non-hydrogen) atoms. The van der Waals surface area contributed by atoms with Crippen LogP contribution in [0.1, 0.15) is 16.9 Å². The van der Waals surface area contributed by atoms with Crippen molar-refractivity contribution >= 4 is 17.5 Å². The van der Waals surface area contributed by atoms with Gasteiger partial charge in [0, 0.05) is 12.7 Å². The highest BCUT2D eigenvalue weighted by molar-refractivity contribution is 6.30. The molecule has 1 saturated heterocycles. The highest BCUT2D eigenvalue weighted by atomic mass is 35.5. The van der Waals surface area contributed by atoms with E-state index in [-0.39, 0.29) is 5.91 Å². The number of carbonyl (C=O) groups is 1. The monoisotopic (exact) mass is 227 g/mol. The van der Waals surface area contributed by atoms with Gasteiger partial charge in [0.05, 0.1) is 5.02 Å². The molecule has 3 N–H and O–H groups in total. The van der Waals surface area contributed by atoms with Crippen LogP contribution in [-0.4, -0.2) is 30.5 Å². The number of aromatic nitrogens is 1. The van der Waals surface area contributed by atoms with Gasteiger partial charge in [0.1, 0.15) is 5.69 Å². The lowest BCUT2D eigenvalue weighted by molar-refractivity contribution is 0.0944. The summed E-state index contributed by atoms with van der Waals surface area (Å²) in [5, 5.41) is 6.70. The first-order valence-electron chi connectivity index (χ1n) is 5.08. The quantitative estimate of drug-likeness (QED) is 0.722. The number of aromatic amines is 1. The standard InChI is InChI=1S/C10H14ClN3O/c11-8-3-9(13-6-8)10(15)14-5-7-1-2-12-4-7/h3,6-7,12-13H,1-2,4-5H2,(H,14,15). The SMILES string of the molecule is O=C(NCC1CCNC1)c1cc(Cl)c[nH]1. The molecule has 0 saturated carbocycles. The van der Waals surface area contributed by atoms with E-state index < -0.39 is 0 Å². The summed E-state index contributed by atoms with van der Waals surface area (Å²) < 4.78 is 0. The van der Waals surface area contributed by atoms with E-state index in [0.717, 1.165) is 26.1 Å².